The highest BCUT2D eigenvalue weighted by molar-refractivity contribution is 5.84. The average molecular weight is 203 g/mol. The predicted molar refractivity (Wildman–Crippen MR) is 56.4 cm³/mol. The molecule has 1 aromatic carbocycles. The maximum absolute atomic E-state index is 11.0. The van der Waals surface area contributed by atoms with Crippen LogP contribution in [0.3, 0.4) is 0 Å². The van der Waals surface area contributed by atoms with Gasteiger partial charge in [-0.05, 0) is 24.5 Å². The minimum absolute atomic E-state index is 0.523. The maximum atomic E-state index is 11.0. The molecule has 78 valence electrons. The Kier molecular flexibility index (Phi) is 3.11. The molecular weight excluding hydrogens is 190 g/mol. The molecule has 3 heteroatoms. The third kappa shape index (κ3) is 1.99. The monoisotopic (exact) mass is 203 g/mol. The minimum Gasteiger partial charge on any atom is -0.480 e. The first-order valence-electron chi connectivity index (χ1n) is 4.78. The van der Waals surface area contributed by atoms with Crippen molar-refractivity contribution in [3.63, 3.8) is 0 Å². The van der Waals surface area contributed by atoms with E-state index in [0.717, 1.165) is 12.0 Å². The first-order valence-corrected chi connectivity index (χ1v) is 4.78. The van der Waals surface area contributed by atoms with E-state index in [1.54, 1.807) is 12.1 Å². The molecular formula is C12H13NO2. The molecule has 0 aromatic heterocycles. The van der Waals surface area contributed by atoms with Crippen molar-refractivity contribution in [3.8, 4) is 6.07 Å². The first kappa shape index (κ1) is 11.3. The number of hydrogen-bond donors (Lipinski definition) is 1. The van der Waals surface area contributed by atoms with Gasteiger partial charge < -0.3 is 5.11 Å². The first-order chi connectivity index (χ1) is 7.04. The van der Waals surface area contributed by atoms with E-state index in [4.69, 9.17) is 10.4 Å². The summed E-state index contributed by atoms with van der Waals surface area (Å²) in [5, 5.41) is 17.9. The summed E-state index contributed by atoms with van der Waals surface area (Å²) >= 11 is 0. The van der Waals surface area contributed by atoms with Crippen LogP contribution in [-0.4, -0.2) is 11.1 Å². The molecule has 1 atom stereocenters. The molecule has 0 saturated carbocycles. The summed E-state index contributed by atoms with van der Waals surface area (Å²) in [4.78, 5) is 11.0. The van der Waals surface area contributed by atoms with Gasteiger partial charge in [-0.1, -0.05) is 31.2 Å². The van der Waals surface area contributed by atoms with Crippen molar-refractivity contribution in [2.24, 2.45) is 0 Å². The van der Waals surface area contributed by atoms with Crippen LogP contribution in [0.25, 0.3) is 0 Å². The Balaban J connectivity index is 3.15. The summed E-state index contributed by atoms with van der Waals surface area (Å²) in [6.07, 6.45) is 0.899. The number of nitriles is 1. The van der Waals surface area contributed by atoms with Gasteiger partial charge >= 0.3 is 5.97 Å². The summed E-state index contributed by atoms with van der Waals surface area (Å²) in [5.74, 6) is -1.12. The topological polar surface area (TPSA) is 61.1 Å². The molecule has 0 spiro atoms. The van der Waals surface area contributed by atoms with E-state index in [-0.39, 0.29) is 0 Å². The van der Waals surface area contributed by atoms with Gasteiger partial charge in [0.05, 0.1) is 6.07 Å². The van der Waals surface area contributed by atoms with Gasteiger partial charge in [0.25, 0.3) is 0 Å². The fraction of sp³-hybridized carbons (Fsp3) is 0.333. The van der Waals surface area contributed by atoms with Crippen LogP contribution in [-0.2, 0) is 16.6 Å². The van der Waals surface area contributed by atoms with Crippen LogP contribution in [0.1, 0.15) is 25.0 Å². The van der Waals surface area contributed by atoms with Gasteiger partial charge in [0.1, 0.15) is 0 Å². The van der Waals surface area contributed by atoms with Gasteiger partial charge in [-0.25, -0.2) is 0 Å². The smallest absolute Gasteiger partial charge is 0.328 e. The molecule has 15 heavy (non-hydrogen) atoms. The number of rotatable bonds is 3. The molecule has 0 saturated heterocycles. The Morgan fingerprint density at radius 2 is 2.00 bits per heavy atom. The zero-order valence-electron chi connectivity index (χ0n) is 8.82. The van der Waals surface area contributed by atoms with Crippen molar-refractivity contribution in [3.05, 3.63) is 35.4 Å². The molecule has 0 bridgehead atoms. The number of aliphatic carboxylic acids is 1. The molecule has 0 radical (unpaired) electrons. The van der Waals surface area contributed by atoms with E-state index in [9.17, 15) is 4.79 Å². The van der Waals surface area contributed by atoms with E-state index < -0.39 is 11.4 Å². The molecule has 1 rings (SSSR count). The lowest BCUT2D eigenvalue weighted by atomic mass is 9.84. The standard InChI is InChI=1S/C12H13NO2/c1-3-9-4-6-10(7-5-9)12(2,8-13)11(14)15/h4-7H,3H2,1-2H3,(H,14,15). The van der Waals surface area contributed by atoms with Crippen molar-refractivity contribution in [2.45, 2.75) is 25.7 Å². The Morgan fingerprint density at radius 1 is 1.47 bits per heavy atom. The van der Waals surface area contributed by atoms with Gasteiger partial charge in [-0.3, -0.25) is 4.79 Å². The van der Waals surface area contributed by atoms with Crippen molar-refractivity contribution < 1.29 is 9.90 Å². The normalized spacial score (nSPS) is 13.9. The summed E-state index contributed by atoms with van der Waals surface area (Å²) < 4.78 is 0. The number of carbonyl (C=O) groups is 1. The van der Waals surface area contributed by atoms with Crippen LogP contribution in [0.4, 0.5) is 0 Å². The molecule has 1 unspecified atom stereocenters. The third-order valence-electron chi connectivity index (χ3n) is 2.59. The van der Waals surface area contributed by atoms with Crippen LogP contribution < -0.4 is 0 Å². The largest absolute Gasteiger partial charge is 0.480 e. The lowest BCUT2D eigenvalue weighted by molar-refractivity contribution is -0.141. The fourth-order valence-corrected chi connectivity index (χ4v) is 1.31. The number of aryl methyl sites for hydroxylation is 1. The summed E-state index contributed by atoms with van der Waals surface area (Å²) in [5.41, 5.74) is 0.200. The van der Waals surface area contributed by atoms with Crippen LogP contribution in [0.2, 0.25) is 0 Å². The van der Waals surface area contributed by atoms with Crippen molar-refractivity contribution in [1.82, 2.24) is 0 Å². The Morgan fingerprint density at radius 3 is 2.33 bits per heavy atom. The summed E-state index contributed by atoms with van der Waals surface area (Å²) in [6, 6.07) is 8.95. The molecule has 0 fully saturated rings. The van der Waals surface area contributed by atoms with Gasteiger partial charge in [-0.2, -0.15) is 5.26 Å². The number of hydrogen-bond acceptors (Lipinski definition) is 2. The molecule has 0 aliphatic carbocycles. The molecule has 0 aliphatic rings. The van der Waals surface area contributed by atoms with E-state index in [2.05, 4.69) is 0 Å². The van der Waals surface area contributed by atoms with Gasteiger partial charge in [0.15, 0.2) is 5.41 Å². The minimum atomic E-state index is -1.45. The van der Waals surface area contributed by atoms with Crippen LogP contribution in [0, 0.1) is 11.3 Å². The van der Waals surface area contributed by atoms with Crippen LogP contribution >= 0.6 is 0 Å². The zero-order valence-corrected chi connectivity index (χ0v) is 8.82. The Labute approximate surface area is 89.0 Å². The quantitative estimate of drug-likeness (QED) is 0.818. The zero-order chi connectivity index (χ0) is 11.5. The molecule has 1 N–H and O–H groups in total. The van der Waals surface area contributed by atoms with Crippen LogP contribution in [0.15, 0.2) is 24.3 Å². The summed E-state index contributed by atoms with van der Waals surface area (Å²) in [6.45, 7) is 3.44. The van der Waals surface area contributed by atoms with Gasteiger partial charge in [0.2, 0.25) is 0 Å². The van der Waals surface area contributed by atoms with E-state index in [1.807, 2.05) is 25.1 Å². The Bertz CT molecular complexity index is 403. The fourth-order valence-electron chi connectivity index (χ4n) is 1.31. The van der Waals surface area contributed by atoms with Gasteiger partial charge in [-0.15, -0.1) is 0 Å². The van der Waals surface area contributed by atoms with E-state index in [1.165, 1.54) is 6.92 Å². The Hall–Kier alpha value is -1.82. The van der Waals surface area contributed by atoms with E-state index >= 15 is 0 Å². The van der Waals surface area contributed by atoms with Crippen molar-refractivity contribution in [1.29, 1.82) is 5.26 Å². The van der Waals surface area contributed by atoms with Crippen molar-refractivity contribution in [2.75, 3.05) is 0 Å². The highest BCUT2D eigenvalue weighted by Gasteiger charge is 2.35. The average Bonchev–Trinajstić information content (AvgIpc) is 2.28. The van der Waals surface area contributed by atoms with Crippen molar-refractivity contribution >= 4 is 5.97 Å². The molecule has 0 amide bonds. The third-order valence-corrected chi connectivity index (χ3v) is 2.59. The second-order valence-electron chi connectivity index (χ2n) is 3.59. The lowest BCUT2D eigenvalue weighted by Crippen LogP contribution is -2.30. The number of carboxylic acid groups (broad SMARTS) is 1. The lowest BCUT2D eigenvalue weighted by Gasteiger charge is -2.16. The highest BCUT2D eigenvalue weighted by atomic mass is 16.4. The molecule has 0 heterocycles. The highest BCUT2D eigenvalue weighted by Crippen LogP contribution is 2.23. The molecule has 1 aromatic rings. The maximum Gasteiger partial charge on any atom is 0.328 e. The second-order valence-corrected chi connectivity index (χ2v) is 3.59. The molecule has 0 aliphatic heterocycles. The van der Waals surface area contributed by atoms with Gasteiger partial charge in [0, 0.05) is 0 Å². The number of carboxylic acids is 1. The van der Waals surface area contributed by atoms with Crippen LogP contribution in [0.5, 0.6) is 0 Å². The SMILES string of the molecule is CCc1ccc(C(C)(C#N)C(=O)O)cc1. The van der Waals surface area contributed by atoms with E-state index in [0.29, 0.717) is 5.56 Å². The summed E-state index contributed by atoms with van der Waals surface area (Å²) in [7, 11) is 0. The predicted octanol–water partition coefficient (Wildman–Crippen LogP) is 2.11. The molecule has 3 nitrogen and oxygen atoms in total. The number of nitrogens with zero attached hydrogens (tertiary/aromatic N) is 1. The second kappa shape index (κ2) is 4.14. The number of benzene rings is 1.